The Balaban J connectivity index is 1.59. The maximum atomic E-state index is 13.3. The molecule has 8 heteroatoms. The number of hydrogen-bond donors (Lipinski definition) is 1. The third-order valence-corrected chi connectivity index (χ3v) is 6.20. The van der Waals surface area contributed by atoms with Gasteiger partial charge in [0, 0.05) is 5.56 Å². The third-order valence-electron chi connectivity index (χ3n) is 6.20. The number of aliphatic hydroxyl groups excluding tert-OH is 1. The molecule has 3 aromatic rings. The smallest absolute Gasteiger partial charge is 0.296 e. The average Bonchev–Trinajstić information content (AvgIpc) is 3.51. The molecule has 3 heterocycles. The second-order valence-electron chi connectivity index (χ2n) is 8.64. The van der Waals surface area contributed by atoms with Crippen LogP contribution in [0.3, 0.4) is 0 Å². The Morgan fingerprint density at radius 1 is 1.06 bits per heavy atom. The van der Waals surface area contributed by atoms with E-state index in [4.69, 9.17) is 18.6 Å². The van der Waals surface area contributed by atoms with Gasteiger partial charge in [0.2, 0.25) is 0 Å². The van der Waals surface area contributed by atoms with Gasteiger partial charge in [-0.15, -0.1) is 0 Å². The second kappa shape index (κ2) is 10.2. The fourth-order valence-corrected chi connectivity index (χ4v) is 4.42. The number of fused-ring (bicyclic) bond motifs is 1. The Bertz CT molecular complexity index is 1290. The van der Waals surface area contributed by atoms with Crippen molar-refractivity contribution in [2.24, 2.45) is 0 Å². The van der Waals surface area contributed by atoms with Gasteiger partial charge in [-0.25, -0.2) is 0 Å². The van der Waals surface area contributed by atoms with E-state index in [-0.39, 0.29) is 17.9 Å². The Morgan fingerprint density at radius 2 is 1.89 bits per heavy atom. The minimum Gasteiger partial charge on any atom is -0.507 e. The predicted molar refractivity (Wildman–Crippen MR) is 131 cm³/mol. The van der Waals surface area contributed by atoms with Crippen molar-refractivity contribution in [1.29, 1.82) is 0 Å². The van der Waals surface area contributed by atoms with E-state index in [1.165, 1.54) is 11.2 Å². The Labute approximate surface area is 208 Å². The molecule has 0 bridgehead atoms. The number of rotatable bonds is 8. The summed E-state index contributed by atoms with van der Waals surface area (Å²) in [5.41, 5.74) is 0.999. The maximum Gasteiger partial charge on any atom is 0.296 e. The van der Waals surface area contributed by atoms with Crippen LogP contribution in [-0.2, 0) is 16.1 Å². The van der Waals surface area contributed by atoms with E-state index in [2.05, 4.69) is 6.92 Å². The number of aliphatic hydroxyl groups is 1. The van der Waals surface area contributed by atoms with E-state index in [9.17, 15) is 14.7 Å². The van der Waals surface area contributed by atoms with Crippen LogP contribution >= 0.6 is 0 Å². The number of unbranched alkanes of at least 4 members (excludes halogenated alkanes) is 1. The lowest BCUT2D eigenvalue weighted by molar-refractivity contribution is -0.140. The van der Waals surface area contributed by atoms with Gasteiger partial charge < -0.3 is 28.6 Å². The van der Waals surface area contributed by atoms with Crippen molar-refractivity contribution in [2.75, 3.05) is 19.8 Å². The first-order valence-corrected chi connectivity index (χ1v) is 12.0. The number of ketones is 1. The van der Waals surface area contributed by atoms with Crippen molar-refractivity contribution >= 4 is 17.4 Å². The number of amides is 1. The molecule has 2 aliphatic rings. The molecule has 1 fully saturated rings. The number of hydrogen-bond acceptors (Lipinski definition) is 7. The SMILES string of the molecule is CCCCOc1cccc(C2/C(=C(\O)c3ccc4c(c3)OCCO4)C(=O)C(=O)N2Cc2ccco2)c1. The summed E-state index contributed by atoms with van der Waals surface area (Å²) >= 11 is 0. The van der Waals surface area contributed by atoms with Crippen molar-refractivity contribution in [3.63, 3.8) is 0 Å². The zero-order chi connectivity index (χ0) is 25.1. The molecule has 1 saturated heterocycles. The molecule has 1 aromatic heterocycles. The molecule has 5 rings (SSSR count). The van der Waals surface area contributed by atoms with Gasteiger partial charge in [0.25, 0.3) is 11.7 Å². The van der Waals surface area contributed by atoms with Gasteiger partial charge in [-0.1, -0.05) is 25.5 Å². The highest BCUT2D eigenvalue weighted by atomic mass is 16.6. The van der Waals surface area contributed by atoms with Crippen LogP contribution in [0.1, 0.15) is 42.7 Å². The van der Waals surface area contributed by atoms with E-state index in [0.29, 0.717) is 54.0 Å². The fourth-order valence-electron chi connectivity index (χ4n) is 4.42. The highest BCUT2D eigenvalue weighted by molar-refractivity contribution is 6.46. The Hall–Kier alpha value is -4.20. The number of likely N-dealkylation sites (tertiary alicyclic amines) is 1. The molecule has 8 nitrogen and oxygen atoms in total. The molecule has 1 amide bonds. The molecule has 0 radical (unpaired) electrons. The van der Waals surface area contributed by atoms with Crippen molar-refractivity contribution in [3.05, 3.63) is 83.3 Å². The summed E-state index contributed by atoms with van der Waals surface area (Å²) in [5, 5.41) is 11.4. The standard InChI is InChI=1S/C28H27NO7/c1-2-3-11-33-20-7-4-6-18(15-20)25-24(27(31)28(32)29(25)17-21-8-5-12-34-21)26(30)19-9-10-22-23(16-19)36-14-13-35-22/h4-10,12,15-16,25,30H,2-3,11,13-14,17H2,1H3/b26-24+. The van der Waals surface area contributed by atoms with Gasteiger partial charge in [-0.3, -0.25) is 9.59 Å². The van der Waals surface area contributed by atoms with Crippen LogP contribution in [0.5, 0.6) is 17.2 Å². The minimum absolute atomic E-state index is 0.00561. The number of ether oxygens (including phenoxy) is 3. The summed E-state index contributed by atoms with van der Waals surface area (Å²) < 4.78 is 22.5. The highest BCUT2D eigenvalue weighted by Gasteiger charge is 2.46. The second-order valence-corrected chi connectivity index (χ2v) is 8.64. The lowest BCUT2D eigenvalue weighted by atomic mass is 9.95. The molecule has 0 aliphatic carbocycles. The van der Waals surface area contributed by atoms with E-state index in [1.807, 2.05) is 18.2 Å². The topological polar surface area (TPSA) is 98.4 Å². The molecule has 1 unspecified atom stereocenters. The van der Waals surface area contributed by atoms with Gasteiger partial charge in [-0.05, 0) is 54.4 Å². The van der Waals surface area contributed by atoms with Gasteiger partial charge >= 0.3 is 0 Å². The summed E-state index contributed by atoms with van der Waals surface area (Å²) in [6.07, 6.45) is 3.42. The van der Waals surface area contributed by atoms with Gasteiger partial charge in [0.15, 0.2) is 11.5 Å². The molecule has 0 spiro atoms. The monoisotopic (exact) mass is 489 g/mol. The number of carbonyl (C=O) groups is 2. The van der Waals surface area contributed by atoms with Crippen molar-refractivity contribution in [3.8, 4) is 17.2 Å². The molecular weight excluding hydrogens is 462 g/mol. The summed E-state index contributed by atoms with van der Waals surface area (Å²) in [7, 11) is 0. The molecule has 1 N–H and O–H groups in total. The van der Waals surface area contributed by atoms with Crippen LogP contribution < -0.4 is 14.2 Å². The van der Waals surface area contributed by atoms with E-state index in [0.717, 1.165) is 12.8 Å². The van der Waals surface area contributed by atoms with Crippen molar-refractivity contribution < 1.29 is 33.3 Å². The maximum absolute atomic E-state index is 13.3. The largest absolute Gasteiger partial charge is 0.507 e. The first-order valence-electron chi connectivity index (χ1n) is 12.0. The molecule has 0 saturated carbocycles. The zero-order valence-corrected chi connectivity index (χ0v) is 19.9. The first-order chi connectivity index (χ1) is 17.6. The van der Waals surface area contributed by atoms with Crippen molar-refractivity contribution in [1.82, 2.24) is 4.90 Å². The lowest BCUT2D eigenvalue weighted by Gasteiger charge is -2.25. The van der Waals surface area contributed by atoms with E-state index >= 15 is 0 Å². The number of furan rings is 1. The van der Waals surface area contributed by atoms with Crippen LogP contribution in [0, 0.1) is 0 Å². The molecule has 36 heavy (non-hydrogen) atoms. The highest BCUT2D eigenvalue weighted by Crippen LogP contribution is 2.42. The van der Waals surface area contributed by atoms with E-state index < -0.39 is 17.7 Å². The van der Waals surface area contributed by atoms with E-state index in [1.54, 1.807) is 36.4 Å². The molecule has 186 valence electrons. The Kier molecular flexibility index (Phi) is 6.66. The fraction of sp³-hybridized carbons (Fsp3) is 0.286. The van der Waals surface area contributed by atoms with Crippen LogP contribution in [-0.4, -0.2) is 41.5 Å². The average molecular weight is 490 g/mol. The number of Topliss-reactive ketones (excluding diaryl/α,β-unsaturated/α-hetero) is 1. The zero-order valence-electron chi connectivity index (χ0n) is 19.9. The molecule has 2 aliphatic heterocycles. The molecule has 1 atom stereocenters. The van der Waals surface area contributed by atoms with Crippen LogP contribution in [0.4, 0.5) is 0 Å². The van der Waals surface area contributed by atoms with Crippen molar-refractivity contribution in [2.45, 2.75) is 32.4 Å². The summed E-state index contributed by atoms with van der Waals surface area (Å²) in [5.74, 6) is 0.418. The predicted octanol–water partition coefficient (Wildman–Crippen LogP) is 4.85. The molecule has 2 aromatic carbocycles. The van der Waals surface area contributed by atoms with Crippen LogP contribution in [0.2, 0.25) is 0 Å². The molecular formula is C28H27NO7. The normalized spacial score (nSPS) is 18.5. The summed E-state index contributed by atoms with van der Waals surface area (Å²) in [4.78, 5) is 27.9. The minimum atomic E-state index is -0.835. The van der Waals surface area contributed by atoms with Crippen LogP contribution in [0.25, 0.3) is 5.76 Å². The number of nitrogens with zero attached hydrogens (tertiary/aromatic N) is 1. The third kappa shape index (κ3) is 4.54. The van der Waals surface area contributed by atoms with Gasteiger partial charge in [0.1, 0.15) is 30.5 Å². The lowest BCUT2D eigenvalue weighted by Crippen LogP contribution is -2.29. The van der Waals surface area contributed by atoms with Crippen LogP contribution in [0.15, 0.2) is 70.9 Å². The van der Waals surface area contributed by atoms with Gasteiger partial charge in [-0.2, -0.15) is 0 Å². The van der Waals surface area contributed by atoms with Gasteiger partial charge in [0.05, 0.1) is 31.0 Å². The Morgan fingerprint density at radius 3 is 2.67 bits per heavy atom. The number of benzene rings is 2. The quantitative estimate of drug-likeness (QED) is 0.209. The number of carbonyl (C=O) groups excluding carboxylic acids is 2. The summed E-state index contributed by atoms with van der Waals surface area (Å²) in [6, 6.07) is 14.8. The summed E-state index contributed by atoms with van der Waals surface area (Å²) in [6.45, 7) is 3.53. The first kappa shape index (κ1) is 23.5.